The van der Waals surface area contributed by atoms with Crippen LogP contribution in [0.4, 0.5) is 0 Å². The monoisotopic (exact) mass is 302 g/mol. The first-order chi connectivity index (χ1) is 8.93. The van der Waals surface area contributed by atoms with Gasteiger partial charge in [0, 0.05) is 19.6 Å². The van der Waals surface area contributed by atoms with E-state index in [1.165, 1.54) is 0 Å². The van der Waals surface area contributed by atoms with Crippen LogP contribution in [0.2, 0.25) is 10.0 Å². The van der Waals surface area contributed by atoms with Crippen molar-refractivity contribution in [2.45, 2.75) is 32.9 Å². The van der Waals surface area contributed by atoms with E-state index in [0.717, 1.165) is 12.0 Å². The van der Waals surface area contributed by atoms with Gasteiger partial charge < -0.3 is 10.2 Å². The van der Waals surface area contributed by atoms with Crippen LogP contribution in [-0.4, -0.2) is 30.4 Å². The maximum absolute atomic E-state index is 11.9. The van der Waals surface area contributed by atoms with Crippen LogP contribution in [0.25, 0.3) is 0 Å². The summed E-state index contributed by atoms with van der Waals surface area (Å²) in [7, 11) is 1.78. The molecule has 106 valence electrons. The molecule has 0 heterocycles. The number of likely N-dealkylation sites (N-methyl/N-ethyl adjacent to an activating group) is 1. The number of nitrogens with one attached hydrogen (secondary N) is 1. The number of nitrogens with zero attached hydrogens (tertiary/aromatic N) is 1. The van der Waals surface area contributed by atoms with Crippen LogP contribution in [-0.2, 0) is 11.3 Å². The smallest absolute Gasteiger partial charge is 0.236 e. The average molecular weight is 303 g/mol. The standard InChI is InChI=1S/C14H20Cl2N2O/c1-4-10(2)17-8-14(19)18(3)9-11-5-6-12(15)13(16)7-11/h5-7,10,17H,4,8-9H2,1-3H3. The Kier molecular flexibility index (Phi) is 6.63. The lowest BCUT2D eigenvalue weighted by molar-refractivity contribution is -0.129. The molecule has 1 N–H and O–H groups in total. The Morgan fingerprint density at radius 3 is 2.63 bits per heavy atom. The molecular formula is C14H20Cl2N2O. The van der Waals surface area contributed by atoms with Crippen LogP contribution < -0.4 is 5.32 Å². The summed E-state index contributed by atoms with van der Waals surface area (Å²) >= 11 is 11.8. The highest BCUT2D eigenvalue weighted by Gasteiger charge is 2.10. The summed E-state index contributed by atoms with van der Waals surface area (Å²) in [6.45, 7) is 5.03. The minimum atomic E-state index is 0.0615. The zero-order valence-corrected chi connectivity index (χ0v) is 13.1. The Balaban J connectivity index is 2.51. The molecule has 1 amide bonds. The van der Waals surface area contributed by atoms with Gasteiger partial charge in [0.25, 0.3) is 0 Å². The van der Waals surface area contributed by atoms with E-state index in [1.54, 1.807) is 24.1 Å². The number of rotatable bonds is 6. The number of carbonyl (C=O) groups excluding carboxylic acids is 1. The minimum Gasteiger partial charge on any atom is -0.340 e. The Hall–Kier alpha value is -0.770. The molecule has 0 saturated carbocycles. The van der Waals surface area contributed by atoms with E-state index in [-0.39, 0.29) is 5.91 Å². The average Bonchev–Trinajstić information content (AvgIpc) is 2.39. The van der Waals surface area contributed by atoms with Crippen LogP contribution >= 0.6 is 23.2 Å². The van der Waals surface area contributed by atoms with Crippen molar-refractivity contribution < 1.29 is 4.79 Å². The summed E-state index contributed by atoms with van der Waals surface area (Å²) in [4.78, 5) is 13.6. The molecule has 0 aliphatic carbocycles. The van der Waals surface area contributed by atoms with E-state index >= 15 is 0 Å². The van der Waals surface area contributed by atoms with E-state index in [0.29, 0.717) is 29.2 Å². The van der Waals surface area contributed by atoms with Gasteiger partial charge in [-0.2, -0.15) is 0 Å². The summed E-state index contributed by atoms with van der Waals surface area (Å²) in [5.41, 5.74) is 0.966. The number of amides is 1. The van der Waals surface area contributed by atoms with Crippen molar-refractivity contribution in [3.8, 4) is 0 Å². The molecule has 0 aliphatic rings. The molecule has 19 heavy (non-hydrogen) atoms. The lowest BCUT2D eigenvalue weighted by Gasteiger charge is -2.19. The van der Waals surface area contributed by atoms with Gasteiger partial charge in [-0.25, -0.2) is 0 Å². The molecular weight excluding hydrogens is 283 g/mol. The van der Waals surface area contributed by atoms with Crippen molar-refractivity contribution in [2.75, 3.05) is 13.6 Å². The van der Waals surface area contributed by atoms with Crippen molar-refractivity contribution in [3.63, 3.8) is 0 Å². The van der Waals surface area contributed by atoms with Crippen LogP contribution in [0, 0.1) is 0 Å². The molecule has 1 aromatic carbocycles. The number of hydrogen-bond donors (Lipinski definition) is 1. The molecule has 0 bridgehead atoms. The molecule has 1 atom stereocenters. The third-order valence-corrected chi connectivity index (χ3v) is 3.78. The third kappa shape index (κ3) is 5.39. The second kappa shape index (κ2) is 7.73. The molecule has 0 aliphatic heterocycles. The fourth-order valence-corrected chi connectivity index (χ4v) is 1.86. The topological polar surface area (TPSA) is 32.3 Å². The zero-order chi connectivity index (χ0) is 14.4. The maximum Gasteiger partial charge on any atom is 0.236 e. The van der Waals surface area contributed by atoms with Gasteiger partial charge >= 0.3 is 0 Å². The van der Waals surface area contributed by atoms with E-state index in [9.17, 15) is 4.79 Å². The molecule has 5 heteroatoms. The van der Waals surface area contributed by atoms with Gasteiger partial charge in [-0.15, -0.1) is 0 Å². The SMILES string of the molecule is CCC(C)NCC(=O)N(C)Cc1ccc(Cl)c(Cl)c1. The van der Waals surface area contributed by atoms with E-state index in [4.69, 9.17) is 23.2 Å². The van der Waals surface area contributed by atoms with Crippen LogP contribution in [0.5, 0.6) is 0 Å². The summed E-state index contributed by atoms with van der Waals surface area (Å²) in [5, 5.41) is 4.22. The van der Waals surface area contributed by atoms with E-state index in [2.05, 4.69) is 19.2 Å². The van der Waals surface area contributed by atoms with Crippen molar-refractivity contribution >= 4 is 29.1 Å². The lowest BCUT2D eigenvalue weighted by atomic mass is 10.2. The fourth-order valence-electron chi connectivity index (χ4n) is 1.54. The summed E-state index contributed by atoms with van der Waals surface area (Å²) in [6.07, 6.45) is 1.00. The van der Waals surface area contributed by atoms with Gasteiger partial charge in [0.1, 0.15) is 0 Å². The first kappa shape index (κ1) is 16.3. The molecule has 0 fully saturated rings. The van der Waals surface area contributed by atoms with Crippen molar-refractivity contribution in [3.05, 3.63) is 33.8 Å². The molecule has 3 nitrogen and oxygen atoms in total. The molecule has 0 radical (unpaired) electrons. The van der Waals surface area contributed by atoms with Gasteiger partial charge in [0.2, 0.25) is 5.91 Å². The van der Waals surface area contributed by atoms with Gasteiger partial charge in [-0.05, 0) is 31.0 Å². The van der Waals surface area contributed by atoms with Gasteiger partial charge in [0.15, 0.2) is 0 Å². The van der Waals surface area contributed by atoms with Crippen molar-refractivity contribution in [2.24, 2.45) is 0 Å². The zero-order valence-electron chi connectivity index (χ0n) is 11.5. The predicted octanol–water partition coefficient (Wildman–Crippen LogP) is 3.34. The predicted molar refractivity (Wildman–Crippen MR) is 80.7 cm³/mol. The first-order valence-corrected chi connectivity index (χ1v) is 7.11. The highest BCUT2D eigenvalue weighted by Crippen LogP contribution is 2.23. The number of hydrogen-bond acceptors (Lipinski definition) is 2. The maximum atomic E-state index is 11.9. The summed E-state index contributed by atoms with van der Waals surface area (Å²) in [6, 6.07) is 5.76. The van der Waals surface area contributed by atoms with Crippen LogP contribution in [0.3, 0.4) is 0 Å². The summed E-state index contributed by atoms with van der Waals surface area (Å²) < 4.78 is 0. The van der Waals surface area contributed by atoms with Crippen LogP contribution in [0.15, 0.2) is 18.2 Å². The minimum absolute atomic E-state index is 0.0615. The second-order valence-corrected chi connectivity index (χ2v) is 5.50. The Morgan fingerprint density at radius 1 is 1.37 bits per heavy atom. The lowest BCUT2D eigenvalue weighted by Crippen LogP contribution is -2.38. The van der Waals surface area contributed by atoms with Gasteiger partial charge in [-0.3, -0.25) is 4.79 Å². The van der Waals surface area contributed by atoms with Gasteiger partial charge in [-0.1, -0.05) is 36.2 Å². The first-order valence-electron chi connectivity index (χ1n) is 6.35. The normalized spacial score (nSPS) is 12.3. The number of carbonyl (C=O) groups is 1. The van der Waals surface area contributed by atoms with E-state index < -0.39 is 0 Å². The quantitative estimate of drug-likeness (QED) is 0.874. The second-order valence-electron chi connectivity index (χ2n) is 4.69. The molecule has 1 rings (SSSR count). The highest BCUT2D eigenvalue weighted by molar-refractivity contribution is 6.42. The molecule has 0 saturated heterocycles. The van der Waals surface area contributed by atoms with Crippen molar-refractivity contribution in [1.29, 1.82) is 0 Å². The Labute approximate surface area is 124 Å². The van der Waals surface area contributed by atoms with Crippen LogP contribution in [0.1, 0.15) is 25.8 Å². The van der Waals surface area contributed by atoms with E-state index in [1.807, 2.05) is 6.07 Å². The third-order valence-electron chi connectivity index (χ3n) is 3.04. The summed E-state index contributed by atoms with van der Waals surface area (Å²) in [5.74, 6) is 0.0615. The largest absolute Gasteiger partial charge is 0.340 e. The van der Waals surface area contributed by atoms with Crippen molar-refractivity contribution in [1.82, 2.24) is 10.2 Å². The molecule has 1 aromatic rings. The highest BCUT2D eigenvalue weighted by atomic mass is 35.5. The molecule has 0 aromatic heterocycles. The molecule has 1 unspecified atom stereocenters. The fraction of sp³-hybridized carbons (Fsp3) is 0.500. The molecule has 0 spiro atoms. The Bertz CT molecular complexity index is 437. The number of halogens is 2. The Morgan fingerprint density at radius 2 is 2.05 bits per heavy atom. The van der Waals surface area contributed by atoms with Gasteiger partial charge in [0.05, 0.1) is 16.6 Å². The number of benzene rings is 1.